The third-order valence-electron chi connectivity index (χ3n) is 5.28. The number of nitrogens with zero attached hydrogens (tertiary/aromatic N) is 1. The van der Waals surface area contributed by atoms with Crippen LogP contribution in [0.15, 0.2) is 41.3 Å². The van der Waals surface area contributed by atoms with E-state index in [2.05, 4.69) is 0 Å². The molecule has 3 rings (SSSR count). The SMILES string of the molecule is COc1ccc(Cl)cc1CC1CCC(=O)CN(S(=O)(=O)c2cc(C)ccc2OC)C1=O. The minimum atomic E-state index is -4.30. The number of halogens is 1. The van der Waals surface area contributed by atoms with Crippen molar-refractivity contribution in [3.8, 4) is 11.5 Å². The molecule has 0 radical (unpaired) electrons. The lowest BCUT2D eigenvalue weighted by Gasteiger charge is -2.25. The number of hydrogen-bond acceptors (Lipinski definition) is 6. The van der Waals surface area contributed by atoms with Crippen LogP contribution in [-0.2, 0) is 26.0 Å². The van der Waals surface area contributed by atoms with E-state index < -0.39 is 28.4 Å². The first kappa shape index (κ1) is 23.1. The minimum absolute atomic E-state index is 0.107. The largest absolute Gasteiger partial charge is 0.496 e. The summed E-state index contributed by atoms with van der Waals surface area (Å²) >= 11 is 6.10. The number of ketones is 1. The van der Waals surface area contributed by atoms with Crippen molar-refractivity contribution in [2.75, 3.05) is 20.8 Å². The maximum atomic E-state index is 13.4. The van der Waals surface area contributed by atoms with Gasteiger partial charge in [0.2, 0.25) is 5.91 Å². The van der Waals surface area contributed by atoms with Crippen LogP contribution in [0, 0.1) is 12.8 Å². The summed E-state index contributed by atoms with van der Waals surface area (Å²) in [6, 6.07) is 9.72. The van der Waals surface area contributed by atoms with Gasteiger partial charge in [-0.3, -0.25) is 9.59 Å². The summed E-state index contributed by atoms with van der Waals surface area (Å²) in [5, 5.41) is 0.474. The second-order valence-electron chi connectivity index (χ2n) is 7.44. The van der Waals surface area contributed by atoms with Crippen molar-refractivity contribution >= 4 is 33.3 Å². The zero-order valence-electron chi connectivity index (χ0n) is 17.6. The fourth-order valence-corrected chi connectivity index (χ4v) is 5.52. The highest BCUT2D eigenvalue weighted by Gasteiger charge is 2.39. The summed E-state index contributed by atoms with van der Waals surface area (Å²) in [5.41, 5.74) is 1.36. The Morgan fingerprint density at radius 2 is 1.74 bits per heavy atom. The zero-order valence-corrected chi connectivity index (χ0v) is 19.1. The van der Waals surface area contributed by atoms with E-state index in [1.807, 2.05) is 0 Å². The number of rotatable bonds is 6. The number of methoxy groups -OCH3 is 2. The van der Waals surface area contributed by atoms with E-state index in [9.17, 15) is 18.0 Å². The average Bonchev–Trinajstić information content (AvgIpc) is 2.87. The van der Waals surface area contributed by atoms with Crippen molar-refractivity contribution < 1.29 is 27.5 Å². The fraction of sp³-hybridized carbons (Fsp3) is 0.364. The van der Waals surface area contributed by atoms with Crippen molar-refractivity contribution in [2.45, 2.75) is 31.1 Å². The number of benzene rings is 2. The Hall–Kier alpha value is -2.58. The van der Waals surface area contributed by atoms with Gasteiger partial charge in [0.1, 0.15) is 16.4 Å². The van der Waals surface area contributed by atoms with Gasteiger partial charge >= 0.3 is 0 Å². The highest BCUT2D eigenvalue weighted by atomic mass is 35.5. The van der Waals surface area contributed by atoms with Crippen LogP contribution in [-0.4, -0.2) is 45.2 Å². The Balaban J connectivity index is 2.01. The van der Waals surface area contributed by atoms with Crippen LogP contribution in [0.3, 0.4) is 0 Å². The Kier molecular flexibility index (Phi) is 6.91. The summed E-state index contributed by atoms with van der Waals surface area (Å²) < 4.78 is 38.1. The highest BCUT2D eigenvalue weighted by Crippen LogP contribution is 2.33. The highest BCUT2D eigenvalue weighted by molar-refractivity contribution is 7.89. The molecule has 9 heteroatoms. The van der Waals surface area contributed by atoms with E-state index in [-0.39, 0.29) is 35.7 Å². The first-order valence-corrected chi connectivity index (χ1v) is 11.5. The third-order valence-corrected chi connectivity index (χ3v) is 7.28. The summed E-state index contributed by atoms with van der Waals surface area (Å²) in [7, 11) is -1.44. The fourth-order valence-electron chi connectivity index (χ4n) is 3.65. The molecule has 0 aliphatic carbocycles. The molecule has 1 saturated heterocycles. The molecule has 1 heterocycles. The van der Waals surface area contributed by atoms with Gasteiger partial charge in [-0.05, 0) is 61.2 Å². The van der Waals surface area contributed by atoms with Crippen molar-refractivity contribution in [2.24, 2.45) is 5.92 Å². The molecular weight excluding hydrogens is 442 g/mol. The Morgan fingerprint density at radius 1 is 1.06 bits per heavy atom. The van der Waals surface area contributed by atoms with Crippen LogP contribution in [0.5, 0.6) is 11.5 Å². The van der Waals surface area contributed by atoms with Gasteiger partial charge in [0.15, 0.2) is 5.78 Å². The molecule has 0 bridgehead atoms. The van der Waals surface area contributed by atoms with Crippen LogP contribution < -0.4 is 9.47 Å². The smallest absolute Gasteiger partial charge is 0.270 e. The van der Waals surface area contributed by atoms with E-state index >= 15 is 0 Å². The molecule has 1 fully saturated rings. The van der Waals surface area contributed by atoms with Gasteiger partial charge in [-0.2, -0.15) is 0 Å². The van der Waals surface area contributed by atoms with E-state index in [4.69, 9.17) is 21.1 Å². The molecule has 0 spiro atoms. The van der Waals surface area contributed by atoms with Crippen LogP contribution in [0.25, 0.3) is 0 Å². The molecule has 0 saturated carbocycles. The van der Waals surface area contributed by atoms with Crippen molar-refractivity contribution in [1.29, 1.82) is 0 Å². The lowest BCUT2D eigenvalue weighted by Crippen LogP contribution is -2.42. The van der Waals surface area contributed by atoms with Gasteiger partial charge in [0.05, 0.1) is 20.8 Å². The Bertz CT molecular complexity index is 1110. The molecule has 2 aromatic carbocycles. The minimum Gasteiger partial charge on any atom is -0.496 e. The first-order chi connectivity index (χ1) is 14.7. The predicted octanol–water partition coefficient (Wildman–Crippen LogP) is 3.40. The number of hydrogen-bond donors (Lipinski definition) is 0. The number of carbonyl (C=O) groups excluding carboxylic acids is 2. The van der Waals surface area contributed by atoms with Crippen molar-refractivity contribution in [1.82, 2.24) is 4.31 Å². The van der Waals surface area contributed by atoms with Gasteiger partial charge in [-0.25, -0.2) is 12.7 Å². The molecular formula is C22H24ClNO6S. The second kappa shape index (κ2) is 9.28. The zero-order chi connectivity index (χ0) is 22.8. The Labute approximate surface area is 187 Å². The van der Waals surface area contributed by atoms with Crippen molar-refractivity contribution in [3.05, 3.63) is 52.5 Å². The Morgan fingerprint density at radius 3 is 2.42 bits per heavy atom. The second-order valence-corrected chi connectivity index (χ2v) is 9.71. The van der Waals surface area contributed by atoms with Gasteiger partial charge in [0, 0.05) is 17.4 Å². The molecule has 1 unspecified atom stereocenters. The van der Waals surface area contributed by atoms with Gasteiger partial charge in [-0.15, -0.1) is 0 Å². The predicted molar refractivity (Wildman–Crippen MR) is 116 cm³/mol. The van der Waals surface area contributed by atoms with E-state index in [1.54, 1.807) is 31.2 Å². The number of amides is 1. The summed E-state index contributed by atoms with van der Waals surface area (Å²) in [4.78, 5) is 25.6. The van der Waals surface area contributed by atoms with Crippen LogP contribution in [0.2, 0.25) is 5.02 Å². The monoisotopic (exact) mass is 465 g/mol. The maximum absolute atomic E-state index is 13.4. The molecule has 0 aromatic heterocycles. The third kappa shape index (κ3) is 4.85. The van der Waals surface area contributed by atoms with Crippen LogP contribution in [0.1, 0.15) is 24.0 Å². The molecule has 1 aliphatic rings. The normalized spacial score (nSPS) is 17.4. The van der Waals surface area contributed by atoms with E-state index in [0.29, 0.717) is 26.2 Å². The topological polar surface area (TPSA) is 90.0 Å². The summed E-state index contributed by atoms with van der Waals surface area (Å²) in [5.74, 6) is -1.00. The molecule has 0 N–H and O–H groups in total. The maximum Gasteiger partial charge on any atom is 0.270 e. The number of carbonyl (C=O) groups is 2. The van der Waals surface area contributed by atoms with E-state index in [1.165, 1.54) is 26.4 Å². The average molecular weight is 466 g/mol. The lowest BCUT2D eigenvalue weighted by molar-refractivity contribution is -0.131. The number of Topliss-reactive ketones (excluding diaryl/α,β-unsaturated/α-hetero) is 1. The molecule has 1 aliphatic heterocycles. The number of sulfonamides is 1. The molecule has 2 aromatic rings. The van der Waals surface area contributed by atoms with Gasteiger partial charge < -0.3 is 9.47 Å². The molecule has 31 heavy (non-hydrogen) atoms. The molecule has 7 nitrogen and oxygen atoms in total. The lowest BCUT2D eigenvalue weighted by atomic mass is 9.93. The van der Waals surface area contributed by atoms with Gasteiger partial charge in [-0.1, -0.05) is 17.7 Å². The number of ether oxygens (including phenoxy) is 2. The van der Waals surface area contributed by atoms with E-state index in [0.717, 1.165) is 0 Å². The van der Waals surface area contributed by atoms with Crippen LogP contribution >= 0.6 is 11.6 Å². The summed E-state index contributed by atoms with van der Waals surface area (Å²) in [6.07, 6.45) is 0.549. The van der Waals surface area contributed by atoms with Gasteiger partial charge in [0.25, 0.3) is 10.0 Å². The van der Waals surface area contributed by atoms with Crippen LogP contribution in [0.4, 0.5) is 0 Å². The molecule has 166 valence electrons. The summed E-state index contributed by atoms with van der Waals surface area (Å²) in [6.45, 7) is 1.24. The standard InChI is InChI=1S/C22H24ClNO6S/c1-14-4-8-20(30-3)21(10-14)31(27,28)24-13-18(25)7-5-15(22(24)26)11-16-12-17(23)6-9-19(16)29-2/h4,6,8-10,12,15H,5,7,11,13H2,1-3H3. The molecule has 1 amide bonds. The number of aryl methyl sites for hydroxylation is 1. The quantitative estimate of drug-likeness (QED) is 0.649. The molecule has 1 atom stereocenters. The first-order valence-electron chi connectivity index (χ1n) is 9.72. The van der Waals surface area contributed by atoms with Crippen molar-refractivity contribution in [3.63, 3.8) is 0 Å².